The monoisotopic (exact) mass is 186 g/mol. The van der Waals surface area contributed by atoms with Gasteiger partial charge in [0, 0.05) is 6.61 Å². The van der Waals surface area contributed by atoms with Gasteiger partial charge in [0.15, 0.2) is 0 Å². The van der Waals surface area contributed by atoms with E-state index in [-0.39, 0.29) is 6.10 Å². The lowest BCUT2D eigenvalue weighted by atomic mass is 10.0. The zero-order valence-electron chi connectivity index (χ0n) is 8.67. The Hall–Kier alpha value is -0.0800. The molecular weight excluding hydrogens is 164 g/mol. The van der Waals surface area contributed by atoms with Crippen molar-refractivity contribution < 1.29 is 9.84 Å². The van der Waals surface area contributed by atoms with Gasteiger partial charge in [-0.25, -0.2) is 0 Å². The van der Waals surface area contributed by atoms with Gasteiger partial charge in [0.2, 0.25) is 0 Å². The third-order valence-corrected chi connectivity index (χ3v) is 2.72. The summed E-state index contributed by atoms with van der Waals surface area (Å²) in [4.78, 5) is 0. The standard InChI is InChI=1S/C11H22O2/c1-2-5-10(12)7-8-11-6-3-4-9-13-11/h10-12H,2-9H2,1H3. The predicted octanol–water partition coefficient (Wildman–Crippen LogP) is 2.50. The maximum absolute atomic E-state index is 9.52. The fraction of sp³-hybridized carbons (Fsp3) is 1.00. The first-order chi connectivity index (χ1) is 6.33. The van der Waals surface area contributed by atoms with E-state index in [9.17, 15) is 5.11 Å². The Morgan fingerprint density at radius 1 is 1.38 bits per heavy atom. The number of ether oxygens (including phenoxy) is 1. The number of hydrogen-bond donors (Lipinski definition) is 1. The SMILES string of the molecule is CCCC(O)CCC1CCCCO1. The minimum Gasteiger partial charge on any atom is -0.393 e. The van der Waals surface area contributed by atoms with E-state index < -0.39 is 0 Å². The van der Waals surface area contributed by atoms with Gasteiger partial charge in [-0.1, -0.05) is 13.3 Å². The maximum atomic E-state index is 9.52. The van der Waals surface area contributed by atoms with E-state index >= 15 is 0 Å². The van der Waals surface area contributed by atoms with E-state index in [4.69, 9.17) is 4.74 Å². The fourth-order valence-corrected chi connectivity index (χ4v) is 1.89. The molecule has 2 unspecified atom stereocenters. The molecule has 1 rings (SSSR count). The smallest absolute Gasteiger partial charge is 0.0576 e. The van der Waals surface area contributed by atoms with Crippen molar-refractivity contribution in [2.45, 2.75) is 64.1 Å². The summed E-state index contributed by atoms with van der Waals surface area (Å²) in [7, 11) is 0. The first-order valence-electron chi connectivity index (χ1n) is 5.62. The van der Waals surface area contributed by atoms with Gasteiger partial charge in [-0.2, -0.15) is 0 Å². The van der Waals surface area contributed by atoms with Crippen molar-refractivity contribution in [1.29, 1.82) is 0 Å². The highest BCUT2D eigenvalue weighted by Gasteiger charge is 2.14. The zero-order valence-corrected chi connectivity index (χ0v) is 8.67. The molecule has 0 saturated carbocycles. The molecule has 0 aromatic carbocycles. The van der Waals surface area contributed by atoms with Gasteiger partial charge in [-0.05, 0) is 38.5 Å². The summed E-state index contributed by atoms with van der Waals surface area (Å²) >= 11 is 0. The molecule has 2 heteroatoms. The minimum absolute atomic E-state index is 0.101. The van der Waals surface area contributed by atoms with Crippen LogP contribution in [0.3, 0.4) is 0 Å². The van der Waals surface area contributed by atoms with E-state index in [1.165, 1.54) is 19.3 Å². The molecule has 0 aromatic heterocycles. The van der Waals surface area contributed by atoms with Crippen molar-refractivity contribution in [3.05, 3.63) is 0 Å². The van der Waals surface area contributed by atoms with E-state index in [1.54, 1.807) is 0 Å². The molecule has 0 aliphatic carbocycles. The van der Waals surface area contributed by atoms with Crippen LogP contribution in [0.4, 0.5) is 0 Å². The van der Waals surface area contributed by atoms with Crippen molar-refractivity contribution in [2.24, 2.45) is 0 Å². The van der Waals surface area contributed by atoms with Crippen LogP contribution in [0.5, 0.6) is 0 Å². The molecule has 0 radical (unpaired) electrons. The molecule has 1 saturated heterocycles. The summed E-state index contributed by atoms with van der Waals surface area (Å²) < 4.78 is 5.60. The number of rotatable bonds is 5. The second-order valence-electron chi connectivity index (χ2n) is 4.01. The summed E-state index contributed by atoms with van der Waals surface area (Å²) in [6, 6.07) is 0. The van der Waals surface area contributed by atoms with Crippen molar-refractivity contribution in [1.82, 2.24) is 0 Å². The summed E-state index contributed by atoms with van der Waals surface area (Å²) in [5.74, 6) is 0. The molecule has 1 aliphatic heterocycles. The first kappa shape index (κ1) is 11.0. The normalized spacial score (nSPS) is 25.8. The summed E-state index contributed by atoms with van der Waals surface area (Å²) in [6.07, 6.45) is 8.01. The van der Waals surface area contributed by atoms with E-state index in [2.05, 4.69) is 6.92 Å². The highest BCUT2D eigenvalue weighted by Crippen LogP contribution is 2.18. The van der Waals surface area contributed by atoms with Crippen LogP contribution >= 0.6 is 0 Å². The highest BCUT2D eigenvalue weighted by molar-refractivity contribution is 4.66. The van der Waals surface area contributed by atoms with Gasteiger partial charge >= 0.3 is 0 Å². The Morgan fingerprint density at radius 3 is 2.85 bits per heavy atom. The molecule has 2 atom stereocenters. The third-order valence-electron chi connectivity index (χ3n) is 2.72. The first-order valence-corrected chi connectivity index (χ1v) is 5.62. The largest absolute Gasteiger partial charge is 0.393 e. The maximum Gasteiger partial charge on any atom is 0.0576 e. The van der Waals surface area contributed by atoms with Crippen LogP contribution in [0.1, 0.15) is 51.9 Å². The lowest BCUT2D eigenvalue weighted by Crippen LogP contribution is -2.21. The van der Waals surface area contributed by atoms with E-state index in [0.29, 0.717) is 6.10 Å². The summed E-state index contributed by atoms with van der Waals surface area (Å²) in [5.41, 5.74) is 0. The second kappa shape index (κ2) is 6.39. The fourth-order valence-electron chi connectivity index (χ4n) is 1.89. The number of aliphatic hydroxyl groups excluding tert-OH is 1. The molecule has 0 amide bonds. The van der Waals surface area contributed by atoms with Crippen LogP contribution in [0.2, 0.25) is 0 Å². The Kier molecular flexibility index (Phi) is 5.40. The van der Waals surface area contributed by atoms with Gasteiger partial charge < -0.3 is 9.84 Å². The molecule has 13 heavy (non-hydrogen) atoms. The minimum atomic E-state index is -0.101. The Bertz CT molecular complexity index is 119. The Labute approximate surface area is 81.3 Å². The van der Waals surface area contributed by atoms with Crippen LogP contribution in [-0.2, 0) is 4.74 Å². The van der Waals surface area contributed by atoms with Gasteiger partial charge in [0.1, 0.15) is 0 Å². The third kappa shape index (κ3) is 4.63. The van der Waals surface area contributed by atoms with Gasteiger partial charge in [-0.15, -0.1) is 0 Å². The van der Waals surface area contributed by atoms with Crippen LogP contribution in [0, 0.1) is 0 Å². The van der Waals surface area contributed by atoms with E-state index in [0.717, 1.165) is 32.3 Å². The quantitative estimate of drug-likeness (QED) is 0.715. The molecule has 0 spiro atoms. The molecule has 1 N–H and O–H groups in total. The van der Waals surface area contributed by atoms with Gasteiger partial charge in [0.25, 0.3) is 0 Å². The molecule has 2 nitrogen and oxygen atoms in total. The van der Waals surface area contributed by atoms with Gasteiger partial charge in [-0.3, -0.25) is 0 Å². The zero-order chi connectivity index (χ0) is 9.52. The van der Waals surface area contributed by atoms with Crippen molar-refractivity contribution in [3.63, 3.8) is 0 Å². The number of aliphatic hydroxyl groups is 1. The van der Waals surface area contributed by atoms with Crippen LogP contribution < -0.4 is 0 Å². The Balaban J connectivity index is 2.03. The van der Waals surface area contributed by atoms with Crippen molar-refractivity contribution in [2.75, 3.05) is 6.61 Å². The number of hydrogen-bond acceptors (Lipinski definition) is 2. The average molecular weight is 186 g/mol. The lowest BCUT2D eigenvalue weighted by molar-refractivity contribution is 0.00171. The van der Waals surface area contributed by atoms with Crippen LogP contribution in [0.25, 0.3) is 0 Å². The molecule has 1 heterocycles. The molecule has 1 aliphatic rings. The van der Waals surface area contributed by atoms with Gasteiger partial charge in [0.05, 0.1) is 12.2 Å². The van der Waals surface area contributed by atoms with Crippen molar-refractivity contribution >= 4 is 0 Å². The molecule has 78 valence electrons. The second-order valence-corrected chi connectivity index (χ2v) is 4.01. The van der Waals surface area contributed by atoms with Crippen LogP contribution in [0.15, 0.2) is 0 Å². The topological polar surface area (TPSA) is 29.5 Å². The molecule has 0 aromatic rings. The Morgan fingerprint density at radius 2 is 2.23 bits per heavy atom. The van der Waals surface area contributed by atoms with Crippen molar-refractivity contribution in [3.8, 4) is 0 Å². The average Bonchev–Trinajstić information content (AvgIpc) is 2.17. The summed E-state index contributed by atoms with van der Waals surface area (Å²) in [6.45, 7) is 3.04. The molecule has 1 fully saturated rings. The summed E-state index contributed by atoms with van der Waals surface area (Å²) in [5, 5.41) is 9.52. The van der Waals surface area contributed by atoms with E-state index in [1.807, 2.05) is 0 Å². The molecule has 0 bridgehead atoms. The predicted molar refractivity (Wildman–Crippen MR) is 53.7 cm³/mol. The van der Waals surface area contributed by atoms with Crippen LogP contribution in [-0.4, -0.2) is 23.9 Å². The molecular formula is C11H22O2. The lowest BCUT2D eigenvalue weighted by Gasteiger charge is -2.23. The highest BCUT2D eigenvalue weighted by atomic mass is 16.5.